The minimum absolute atomic E-state index is 0.353. The lowest BCUT2D eigenvalue weighted by Crippen LogP contribution is -2.51. The van der Waals surface area contributed by atoms with Crippen LogP contribution in [0.3, 0.4) is 0 Å². The first kappa shape index (κ1) is 24.6. The van der Waals surface area contributed by atoms with E-state index in [4.69, 9.17) is 4.74 Å². The van der Waals surface area contributed by atoms with Crippen molar-refractivity contribution in [2.24, 2.45) is 52.3 Å². The minimum Gasteiger partial charge on any atom is -0.375 e. The predicted molar refractivity (Wildman–Crippen MR) is 138 cm³/mol. The van der Waals surface area contributed by atoms with Crippen molar-refractivity contribution >= 4 is 0 Å². The van der Waals surface area contributed by atoms with Crippen molar-refractivity contribution in [2.45, 2.75) is 119 Å². The molecule has 0 amide bonds. The molecule has 0 N–H and O–H groups in total. The van der Waals surface area contributed by atoms with Crippen LogP contribution in [0.2, 0.25) is 0 Å². The number of fused-ring (bicyclic) bond motifs is 5. The average Bonchev–Trinajstić information content (AvgIpc) is 3.08. The van der Waals surface area contributed by atoms with Gasteiger partial charge < -0.3 is 4.74 Å². The van der Waals surface area contributed by atoms with Crippen molar-refractivity contribution < 1.29 is 4.74 Å². The van der Waals surface area contributed by atoms with E-state index in [0.29, 0.717) is 29.0 Å². The molecule has 0 bridgehead atoms. The second-order valence-electron chi connectivity index (χ2n) is 13.4. The molecule has 0 saturated heterocycles. The molecular weight excluding hydrogens is 388 g/mol. The molecule has 182 valence electrons. The molecule has 3 saturated carbocycles. The number of rotatable bonds is 6. The Morgan fingerprint density at radius 2 is 1.66 bits per heavy atom. The van der Waals surface area contributed by atoms with E-state index in [0.717, 1.165) is 35.5 Å². The fourth-order valence-electron chi connectivity index (χ4n) is 8.74. The van der Waals surface area contributed by atoms with E-state index in [-0.39, 0.29) is 0 Å². The summed E-state index contributed by atoms with van der Waals surface area (Å²) in [4.78, 5) is 0. The standard InChI is InChI=1S/C31H52O/c1-20(2)22(5)9-10-23(6)27-13-14-28-26-12-11-24-19-25(32-21(3)4)15-17-30(24,7)29(26)16-18-31(27,28)8/h9-11,20-23,25-29H,12-19H2,1-8H3/b10-9+/t22-,23?,25?,26-,27+,28-,29-,30-,31+/m0/s1. The Hall–Kier alpha value is -0.560. The molecule has 0 spiro atoms. The summed E-state index contributed by atoms with van der Waals surface area (Å²) in [6, 6.07) is 0. The summed E-state index contributed by atoms with van der Waals surface area (Å²) < 4.78 is 6.25. The van der Waals surface area contributed by atoms with Crippen molar-refractivity contribution in [1.82, 2.24) is 0 Å². The predicted octanol–water partition coefficient (Wildman–Crippen LogP) is 8.84. The van der Waals surface area contributed by atoms with Crippen LogP contribution in [-0.4, -0.2) is 12.2 Å². The molecular formula is C31H52O. The Kier molecular flexibility index (Phi) is 7.09. The largest absolute Gasteiger partial charge is 0.375 e. The van der Waals surface area contributed by atoms with Crippen molar-refractivity contribution in [3.63, 3.8) is 0 Å². The average molecular weight is 441 g/mol. The van der Waals surface area contributed by atoms with Gasteiger partial charge in [-0.3, -0.25) is 0 Å². The van der Waals surface area contributed by atoms with Crippen LogP contribution in [0.5, 0.6) is 0 Å². The fraction of sp³-hybridized carbons (Fsp3) is 0.871. The molecule has 0 aromatic heterocycles. The van der Waals surface area contributed by atoms with Crippen LogP contribution in [-0.2, 0) is 4.74 Å². The Balaban J connectivity index is 1.49. The van der Waals surface area contributed by atoms with E-state index < -0.39 is 0 Å². The maximum atomic E-state index is 6.25. The zero-order chi connectivity index (χ0) is 23.3. The second kappa shape index (κ2) is 9.24. The third kappa shape index (κ3) is 4.30. The molecule has 1 nitrogen and oxygen atoms in total. The normalized spacial score (nSPS) is 43.7. The molecule has 0 aromatic carbocycles. The summed E-state index contributed by atoms with van der Waals surface area (Å²) in [5.41, 5.74) is 2.75. The second-order valence-corrected chi connectivity index (χ2v) is 13.4. The molecule has 0 radical (unpaired) electrons. The van der Waals surface area contributed by atoms with Gasteiger partial charge >= 0.3 is 0 Å². The van der Waals surface area contributed by atoms with Gasteiger partial charge in [0, 0.05) is 0 Å². The van der Waals surface area contributed by atoms with Crippen LogP contribution < -0.4 is 0 Å². The summed E-state index contributed by atoms with van der Waals surface area (Å²) in [5.74, 6) is 5.78. The molecule has 2 unspecified atom stereocenters. The van der Waals surface area contributed by atoms with E-state index in [1.54, 1.807) is 5.57 Å². The zero-order valence-electron chi connectivity index (χ0n) is 22.5. The van der Waals surface area contributed by atoms with Gasteiger partial charge in [0.2, 0.25) is 0 Å². The van der Waals surface area contributed by atoms with Crippen molar-refractivity contribution in [2.75, 3.05) is 0 Å². The van der Waals surface area contributed by atoms with Gasteiger partial charge in [-0.15, -0.1) is 0 Å². The SMILES string of the molecule is CC(C)OC1CC[C@@]2(C)C(=CC[C@H]3[C@@H]4CC[C@H](C(C)/C=C/[C@H](C)C(C)C)[C@@]4(C)CC[C@@H]32)C1. The van der Waals surface area contributed by atoms with E-state index >= 15 is 0 Å². The van der Waals surface area contributed by atoms with Gasteiger partial charge in [-0.25, -0.2) is 0 Å². The molecule has 0 aromatic rings. The van der Waals surface area contributed by atoms with Crippen LogP contribution in [0.15, 0.2) is 23.8 Å². The van der Waals surface area contributed by atoms with Crippen molar-refractivity contribution in [3.8, 4) is 0 Å². The maximum Gasteiger partial charge on any atom is 0.0616 e. The van der Waals surface area contributed by atoms with Gasteiger partial charge in [0.1, 0.15) is 0 Å². The maximum absolute atomic E-state index is 6.25. The van der Waals surface area contributed by atoms with Gasteiger partial charge in [-0.2, -0.15) is 0 Å². The summed E-state index contributed by atoms with van der Waals surface area (Å²) in [7, 11) is 0. The highest BCUT2D eigenvalue weighted by atomic mass is 16.5. The Morgan fingerprint density at radius 1 is 0.906 bits per heavy atom. The first-order valence-electron chi connectivity index (χ1n) is 14.1. The minimum atomic E-state index is 0.353. The number of allylic oxidation sites excluding steroid dienone is 3. The van der Waals surface area contributed by atoms with Crippen LogP contribution in [0.4, 0.5) is 0 Å². The van der Waals surface area contributed by atoms with Gasteiger partial charge in [0.25, 0.3) is 0 Å². The highest BCUT2D eigenvalue weighted by Crippen LogP contribution is 2.67. The quantitative estimate of drug-likeness (QED) is 0.375. The van der Waals surface area contributed by atoms with Gasteiger partial charge in [0.05, 0.1) is 12.2 Å². The molecule has 4 aliphatic carbocycles. The summed E-state index contributed by atoms with van der Waals surface area (Å²) in [5, 5.41) is 0. The van der Waals surface area contributed by atoms with Gasteiger partial charge in [0.15, 0.2) is 0 Å². The van der Waals surface area contributed by atoms with Gasteiger partial charge in [-0.1, -0.05) is 65.3 Å². The van der Waals surface area contributed by atoms with Crippen molar-refractivity contribution in [1.29, 1.82) is 0 Å². The Labute approximate surface area is 199 Å². The smallest absolute Gasteiger partial charge is 0.0616 e. The number of hydrogen-bond donors (Lipinski definition) is 0. The third-order valence-corrected chi connectivity index (χ3v) is 11.0. The first-order chi connectivity index (χ1) is 15.1. The fourth-order valence-corrected chi connectivity index (χ4v) is 8.74. The van der Waals surface area contributed by atoms with Crippen LogP contribution >= 0.6 is 0 Å². The van der Waals surface area contributed by atoms with Crippen LogP contribution in [0.1, 0.15) is 107 Å². The molecule has 4 rings (SSSR count). The van der Waals surface area contributed by atoms with E-state index in [9.17, 15) is 0 Å². The lowest BCUT2D eigenvalue weighted by Gasteiger charge is -2.58. The topological polar surface area (TPSA) is 9.23 Å². The third-order valence-electron chi connectivity index (χ3n) is 11.0. The molecule has 3 fully saturated rings. The number of ether oxygens (including phenoxy) is 1. The molecule has 0 heterocycles. The van der Waals surface area contributed by atoms with E-state index in [2.05, 4.69) is 73.6 Å². The zero-order valence-corrected chi connectivity index (χ0v) is 22.5. The lowest BCUT2D eigenvalue weighted by atomic mass is 9.47. The molecule has 9 atom stereocenters. The Bertz CT molecular complexity index is 716. The summed E-state index contributed by atoms with van der Waals surface area (Å²) >= 11 is 0. The lowest BCUT2D eigenvalue weighted by molar-refractivity contribution is -0.0687. The summed E-state index contributed by atoms with van der Waals surface area (Å²) in [6.45, 7) is 19.3. The number of hydrogen-bond acceptors (Lipinski definition) is 1. The molecule has 1 heteroatoms. The molecule has 32 heavy (non-hydrogen) atoms. The van der Waals surface area contributed by atoms with Crippen LogP contribution in [0.25, 0.3) is 0 Å². The highest BCUT2D eigenvalue weighted by molar-refractivity contribution is 5.25. The molecule has 4 aliphatic rings. The van der Waals surface area contributed by atoms with Gasteiger partial charge in [-0.05, 0) is 117 Å². The molecule has 0 aliphatic heterocycles. The van der Waals surface area contributed by atoms with E-state index in [1.807, 2.05) is 0 Å². The first-order valence-corrected chi connectivity index (χ1v) is 14.1. The monoisotopic (exact) mass is 440 g/mol. The van der Waals surface area contributed by atoms with E-state index in [1.165, 1.54) is 51.4 Å². The Morgan fingerprint density at radius 3 is 2.34 bits per heavy atom. The van der Waals surface area contributed by atoms with Crippen molar-refractivity contribution in [3.05, 3.63) is 23.8 Å². The summed E-state index contributed by atoms with van der Waals surface area (Å²) in [6.07, 6.45) is 19.6. The highest BCUT2D eigenvalue weighted by Gasteiger charge is 2.59. The van der Waals surface area contributed by atoms with Crippen LogP contribution in [0, 0.1) is 52.3 Å².